The normalized spacial score (nSPS) is 13.0. The van der Waals surface area contributed by atoms with Gasteiger partial charge in [0, 0.05) is 36.7 Å². The quantitative estimate of drug-likeness (QED) is 0.224. The molecule has 1 aliphatic heterocycles. The molecule has 2 aromatic heterocycles. The number of benzene rings is 3. The number of hydrogen-bond donors (Lipinski definition) is 1. The van der Waals surface area contributed by atoms with E-state index in [0.717, 1.165) is 35.4 Å². The Morgan fingerprint density at radius 2 is 1.74 bits per heavy atom. The van der Waals surface area contributed by atoms with Crippen molar-refractivity contribution in [3.8, 4) is 23.0 Å². The van der Waals surface area contributed by atoms with Gasteiger partial charge in [-0.3, -0.25) is 9.69 Å². The summed E-state index contributed by atoms with van der Waals surface area (Å²) < 4.78 is 24.0. The standard InChI is InChI=1S/C32H34N6O5/c1-4-26(31-34-35-36-38(31)13-12-21-8-6-5-7-9-21)37(18-22-10-11-27-30(14-22)43-20-42-27)19-24-15-23-16-28(40-2)29(41-3)17-25(23)33-32(24)39/h5-11,14-17,26H,4,12-13,18-20H2,1-3H3,(H,33,39)/t26-/m0/s1. The monoisotopic (exact) mass is 582 g/mol. The first-order chi connectivity index (χ1) is 21.1. The average Bonchev–Trinajstić information content (AvgIpc) is 3.70. The van der Waals surface area contributed by atoms with Crippen LogP contribution in [0.4, 0.5) is 0 Å². The van der Waals surface area contributed by atoms with Gasteiger partial charge in [-0.2, -0.15) is 0 Å². The molecule has 0 amide bonds. The number of ether oxygens (including phenoxy) is 4. The molecule has 0 saturated heterocycles. The number of aromatic nitrogens is 5. The van der Waals surface area contributed by atoms with Crippen LogP contribution in [0.5, 0.6) is 23.0 Å². The molecule has 11 heteroatoms. The number of methoxy groups -OCH3 is 2. The van der Waals surface area contributed by atoms with Gasteiger partial charge >= 0.3 is 0 Å². The van der Waals surface area contributed by atoms with Crippen LogP contribution in [0.15, 0.2) is 71.5 Å². The Morgan fingerprint density at radius 3 is 2.53 bits per heavy atom. The number of H-pyrrole nitrogens is 1. The van der Waals surface area contributed by atoms with Crippen LogP contribution < -0.4 is 24.5 Å². The van der Waals surface area contributed by atoms with Crippen LogP contribution in [-0.4, -0.2) is 51.1 Å². The van der Waals surface area contributed by atoms with E-state index in [1.54, 1.807) is 20.3 Å². The van der Waals surface area contributed by atoms with Gasteiger partial charge in [0.1, 0.15) is 0 Å². The van der Waals surface area contributed by atoms with Crippen molar-refractivity contribution < 1.29 is 18.9 Å². The second-order valence-corrected chi connectivity index (χ2v) is 10.4. The van der Waals surface area contributed by atoms with Crippen LogP contribution in [-0.2, 0) is 26.1 Å². The predicted octanol–water partition coefficient (Wildman–Crippen LogP) is 4.66. The number of nitrogens with one attached hydrogen (secondary N) is 1. The number of tetrazole rings is 1. The highest BCUT2D eigenvalue weighted by Gasteiger charge is 2.27. The molecule has 0 unspecified atom stereocenters. The molecule has 1 N–H and O–H groups in total. The van der Waals surface area contributed by atoms with Crippen LogP contribution in [0.2, 0.25) is 0 Å². The van der Waals surface area contributed by atoms with E-state index < -0.39 is 0 Å². The third-order valence-corrected chi connectivity index (χ3v) is 7.76. The zero-order valence-electron chi connectivity index (χ0n) is 24.4. The minimum Gasteiger partial charge on any atom is -0.493 e. The van der Waals surface area contributed by atoms with Crippen LogP contribution in [0.1, 0.15) is 41.9 Å². The number of hydrogen-bond acceptors (Lipinski definition) is 9. The lowest BCUT2D eigenvalue weighted by molar-refractivity contribution is 0.160. The average molecular weight is 583 g/mol. The highest BCUT2D eigenvalue weighted by molar-refractivity contribution is 5.83. The van der Waals surface area contributed by atoms with Gasteiger partial charge in [0.15, 0.2) is 28.8 Å². The fourth-order valence-corrected chi connectivity index (χ4v) is 5.56. The number of aromatic amines is 1. The molecule has 43 heavy (non-hydrogen) atoms. The Morgan fingerprint density at radius 1 is 0.953 bits per heavy atom. The summed E-state index contributed by atoms with van der Waals surface area (Å²) >= 11 is 0. The molecule has 0 fully saturated rings. The van der Waals surface area contributed by atoms with Crippen LogP contribution in [0.25, 0.3) is 10.9 Å². The van der Waals surface area contributed by atoms with E-state index in [1.807, 2.05) is 53.2 Å². The Hall–Kier alpha value is -4.90. The van der Waals surface area contributed by atoms with Crippen LogP contribution in [0, 0.1) is 0 Å². The van der Waals surface area contributed by atoms with E-state index in [9.17, 15) is 4.79 Å². The summed E-state index contributed by atoms with van der Waals surface area (Å²) in [5.41, 5.74) is 3.35. The Balaban J connectivity index is 1.35. The third kappa shape index (κ3) is 6.02. The van der Waals surface area contributed by atoms with Crippen LogP contribution in [0.3, 0.4) is 0 Å². The van der Waals surface area contributed by atoms with Gasteiger partial charge in [-0.1, -0.05) is 43.3 Å². The highest BCUT2D eigenvalue weighted by Crippen LogP contribution is 2.35. The Labute approximate surface area is 249 Å². The van der Waals surface area contributed by atoms with E-state index in [2.05, 4.69) is 44.5 Å². The summed E-state index contributed by atoms with van der Waals surface area (Å²) in [6.45, 7) is 3.84. The molecule has 5 aromatic rings. The van der Waals surface area contributed by atoms with Gasteiger partial charge in [0.2, 0.25) is 6.79 Å². The summed E-state index contributed by atoms with van der Waals surface area (Å²) in [6.07, 6.45) is 1.53. The first kappa shape index (κ1) is 28.2. The maximum atomic E-state index is 13.4. The van der Waals surface area contributed by atoms with Crippen molar-refractivity contribution in [3.63, 3.8) is 0 Å². The van der Waals surface area contributed by atoms with E-state index in [0.29, 0.717) is 48.0 Å². The van der Waals surface area contributed by atoms with Gasteiger partial charge in [-0.05, 0) is 58.7 Å². The fraction of sp³-hybridized carbons (Fsp3) is 0.312. The smallest absolute Gasteiger partial charge is 0.252 e. The van der Waals surface area contributed by atoms with Crippen molar-refractivity contribution in [3.05, 3.63) is 99.6 Å². The minimum absolute atomic E-state index is 0.170. The molecule has 6 rings (SSSR count). The zero-order chi connectivity index (χ0) is 29.8. The molecule has 0 aliphatic carbocycles. The number of rotatable bonds is 12. The molecule has 3 aromatic carbocycles. The minimum atomic E-state index is -0.172. The predicted molar refractivity (Wildman–Crippen MR) is 160 cm³/mol. The highest BCUT2D eigenvalue weighted by atomic mass is 16.7. The van der Waals surface area contributed by atoms with Gasteiger partial charge in [-0.15, -0.1) is 5.10 Å². The Kier molecular flexibility index (Phi) is 8.23. The molecular weight excluding hydrogens is 548 g/mol. The second-order valence-electron chi connectivity index (χ2n) is 10.4. The maximum Gasteiger partial charge on any atom is 0.252 e. The lowest BCUT2D eigenvalue weighted by atomic mass is 10.1. The Bertz CT molecular complexity index is 1770. The number of fused-ring (bicyclic) bond motifs is 2. The lowest BCUT2D eigenvalue weighted by Crippen LogP contribution is -2.32. The summed E-state index contributed by atoms with van der Waals surface area (Å²) in [5, 5.41) is 13.7. The van der Waals surface area contributed by atoms with E-state index in [-0.39, 0.29) is 18.4 Å². The molecule has 1 atom stereocenters. The van der Waals surface area contributed by atoms with Gasteiger partial charge in [0.05, 0.1) is 25.8 Å². The van der Waals surface area contributed by atoms with Crippen LogP contribution >= 0.6 is 0 Å². The maximum absolute atomic E-state index is 13.4. The van der Waals surface area contributed by atoms with Crippen molar-refractivity contribution in [2.75, 3.05) is 21.0 Å². The molecule has 0 bridgehead atoms. The number of pyridine rings is 1. The molecule has 1 aliphatic rings. The molecule has 0 spiro atoms. The van der Waals surface area contributed by atoms with E-state index >= 15 is 0 Å². The SMILES string of the molecule is CC[C@@H](c1nnnn1CCc1ccccc1)N(Cc1ccc2c(c1)OCO2)Cc1cc2cc(OC)c(OC)cc2[nH]c1=O. The van der Waals surface area contributed by atoms with Gasteiger partial charge in [0.25, 0.3) is 5.56 Å². The topological polar surface area (TPSA) is 117 Å². The lowest BCUT2D eigenvalue weighted by Gasteiger charge is -2.30. The summed E-state index contributed by atoms with van der Waals surface area (Å²) in [4.78, 5) is 18.7. The molecule has 0 radical (unpaired) electrons. The van der Waals surface area contributed by atoms with Gasteiger partial charge < -0.3 is 23.9 Å². The first-order valence-electron chi connectivity index (χ1n) is 14.3. The van der Waals surface area contributed by atoms with E-state index in [1.165, 1.54) is 5.56 Å². The number of nitrogens with zero attached hydrogens (tertiary/aromatic N) is 5. The number of aryl methyl sites for hydroxylation is 2. The second kappa shape index (κ2) is 12.5. The fourth-order valence-electron chi connectivity index (χ4n) is 5.56. The van der Waals surface area contributed by atoms with E-state index in [4.69, 9.17) is 18.9 Å². The third-order valence-electron chi connectivity index (χ3n) is 7.76. The van der Waals surface area contributed by atoms with Crippen molar-refractivity contribution >= 4 is 10.9 Å². The summed E-state index contributed by atoms with van der Waals surface area (Å²) in [7, 11) is 3.17. The molecule has 3 heterocycles. The largest absolute Gasteiger partial charge is 0.493 e. The van der Waals surface area contributed by atoms with Crippen molar-refractivity contribution in [1.82, 2.24) is 30.1 Å². The van der Waals surface area contributed by atoms with Gasteiger partial charge in [-0.25, -0.2) is 4.68 Å². The summed E-state index contributed by atoms with van der Waals surface area (Å²) in [5.74, 6) is 3.33. The molecule has 0 saturated carbocycles. The van der Waals surface area contributed by atoms with Crippen molar-refractivity contribution in [2.24, 2.45) is 0 Å². The molecule has 222 valence electrons. The van der Waals surface area contributed by atoms with Crippen molar-refractivity contribution in [1.29, 1.82) is 0 Å². The zero-order valence-corrected chi connectivity index (χ0v) is 24.4. The first-order valence-corrected chi connectivity index (χ1v) is 14.3. The molecular formula is C32H34N6O5. The molecule has 11 nitrogen and oxygen atoms in total. The summed E-state index contributed by atoms with van der Waals surface area (Å²) in [6, 6.07) is 21.6. The van der Waals surface area contributed by atoms with Crippen molar-refractivity contribution in [2.45, 2.75) is 45.4 Å².